The molecule has 2 atom stereocenters. The molecule has 3 heteroatoms. The molecular weight excluding hydrogens is 236 g/mol. The summed E-state index contributed by atoms with van der Waals surface area (Å²) in [6.07, 6.45) is 8.38. The van der Waals surface area contributed by atoms with Crippen LogP contribution < -0.4 is 5.32 Å². The fourth-order valence-corrected chi connectivity index (χ4v) is 3.80. The number of amides is 1. The van der Waals surface area contributed by atoms with Gasteiger partial charge in [0.1, 0.15) is 0 Å². The molecule has 0 aromatic heterocycles. The lowest BCUT2D eigenvalue weighted by molar-refractivity contribution is -0.133. The molecule has 2 unspecified atom stereocenters. The van der Waals surface area contributed by atoms with Gasteiger partial charge in [-0.25, -0.2) is 0 Å². The van der Waals surface area contributed by atoms with Gasteiger partial charge in [0, 0.05) is 19.5 Å². The lowest BCUT2D eigenvalue weighted by Gasteiger charge is -2.34. The van der Waals surface area contributed by atoms with Crippen molar-refractivity contribution >= 4 is 5.91 Å². The number of hydrogen-bond donors (Lipinski definition) is 1. The normalized spacial score (nSPS) is 29.5. The van der Waals surface area contributed by atoms with Crippen LogP contribution in [0.15, 0.2) is 0 Å². The minimum Gasteiger partial charge on any atom is -0.343 e. The Morgan fingerprint density at radius 1 is 1.16 bits per heavy atom. The SMILES string of the molecule is CNCC1CCN(C(=O)CC2CCCC(C)C2)CC1. The van der Waals surface area contributed by atoms with Crippen LogP contribution in [0.2, 0.25) is 0 Å². The second-order valence-corrected chi connectivity index (χ2v) is 6.72. The van der Waals surface area contributed by atoms with Crippen LogP contribution in [0.5, 0.6) is 0 Å². The zero-order valence-electron chi connectivity index (χ0n) is 12.7. The first-order valence-electron chi connectivity index (χ1n) is 8.11. The molecule has 19 heavy (non-hydrogen) atoms. The molecule has 0 aromatic carbocycles. The Balaban J connectivity index is 1.72. The maximum Gasteiger partial charge on any atom is 0.222 e. The van der Waals surface area contributed by atoms with Crippen LogP contribution >= 0.6 is 0 Å². The molecule has 2 aliphatic rings. The quantitative estimate of drug-likeness (QED) is 0.848. The van der Waals surface area contributed by atoms with Gasteiger partial charge in [0.25, 0.3) is 0 Å². The molecule has 2 fully saturated rings. The average molecular weight is 266 g/mol. The van der Waals surface area contributed by atoms with E-state index < -0.39 is 0 Å². The number of nitrogens with zero attached hydrogens (tertiary/aromatic N) is 1. The molecule has 1 heterocycles. The number of nitrogens with one attached hydrogen (secondary N) is 1. The third-order valence-electron chi connectivity index (χ3n) is 4.97. The maximum absolute atomic E-state index is 12.3. The van der Waals surface area contributed by atoms with E-state index in [1.807, 2.05) is 7.05 Å². The maximum atomic E-state index is 12.3. The molecule has 0 spiro atoms. The Kier molecular flexibility index (Phi) is 5.68. The van der Waals surface area contributed by atoms with Gasteiger partial charge in [-0.2, -0.15) is 0 Å². The molecule has 1 saturated heterocycles. The van der Waals surface area contributed by atoms with Gasteiger partial charge in [0.15, 0.2) is 0 Å². The van der Waals surface area contributed by atoms with E-state index in [0.29, 0.717) is 11.8 Å². The number of hydrogen-bond acceptors (Lipinski definition) is 2. The summed E-state index contributed by atoms with van der Waals surface area (Å²) in [6, 6.07) is 0. The highest BCUT2D eigenvalue weighted by Gasteiger charge is 2.26. The van der Waals surface area contributed by atoms with Crippen molar-refractivity contribution in [3.63, 3.8) is 0 Å². The van der Waals surface area contributed by atoms with Crippen LogP contribution in [0.3, 0.4) is 0 Å². The molecule has 1 aliphatic heterocycles. The van der Waals surface area contributed by atoms with E-state index in [-0.39, 0.29) is 0 Å². The zero-order chi connectivity index (χ0) is 13.7. The Labute approximate surface area is 118 Å². The van der Waals surface area contributed by atoms with Gasteiger partial charge in [0.2, 0.25) is 5.91 Å². The summed E-state index contributed by atoms with van der Waals surface area (Å²) < 4.78 is 0. The second-order valence-electron chi connectivity index (χ2n) is 6.72. The third-order valence-corrected chi connectivity index (χ3v) is 4.97. The van der Waals surface area contributed by atoms with Crippen molar-refractivity contribution in [2.75, 3.05) is 26.7 Å². The number of rotatable bonds is 4. The smallest absolute Gasteiger partial charge is 0.222 e. The molecule has 0 radical (unpaired) electrons. The van der Waals surface area contributed by atoms with Gasteiger partial charge in [0.05, 0.1) is 0 Å². The number of carbonyl (C=O) groups excluding carboxylic acids is 1. The summed E-state index contributed by atoms with van der Waals surface area (Å²) in [7, 11) is 2.02. The summed E-state index contributed by atoms with van der Waals surface area (Å²) in [5, 5.41) is 3.25. The molecule has 1 saturated carbocycles. The molecule has 3 nitrogen and oxygen atoms in total. The van der Waals surface area contributed by atoms with Gasteiger partial charge in [-0.1, -0.05) is 19.8 Å². The average Bonchev–Trinajstić information content (AvgIpc) is 2.40. The van der Waals surface area contributed by atoms with Crippen molar-refractivity contribution in [2.45, 2.75) is 51.9 Å². The van der Waals surface area contributed by atoms with Crippen molar-refractivity contribution in [1.82, 2.24) is 10.2 Å². The fraction of sp³-hybridized carbons (Fsp3) is 0.938. The Bertz CT molecular complexity index is 284. The van der Waals surface area contributed by atoms with E-state index in [1.165, 1.54) is 38.5 Å². The van der Waals surface area contributed by atoms with E-state index in [2.05, 4.69) is 17.1 Å². The summed E-state index contributed by atoms with van der Waals surface area (Å²) in [5.74, 6) is 2.67. The Hall–Kier alpha value is -0.570. The topological polar surface area (TPSA) is 32.3 Å². The largest absolute Gasteiger partial charge is 0.343 e. The monoisotopic (exact) mass is 266 g/mol. The number of piperidine rings is 1. The van der Waals surface area contributed by atoms with E-state index in [9.17, 15) is 4.79 Å². The van der Waals surface area contributed by atoms with E-state index in [0.717, 1.165) is 37.9 Å². The Morgan fingerprint density at radius 3 is 2.53 bits per heavy atom. The van der Waals surface area contributed by atoms with Crippen molar-refractivity contribution < 1.29 is 4.79 Å². The zero-order valence-corrected chi connectivity index (χ0v) is 12.7. The van der Waals surface area contributed by atoms with Gasteiger partial charge < -0.3 is 10.2 Å². The van der Waals surface area contributed by atoms with Crippen LogP contribution in [-0.4, -0.2) is 37.5 Å². The van der Waals surface area contributed by atoms with Crippen LogP contribution in [0.25, 0.3) is 0 Å². The van der Waals surface area contributed by atoms with Crippen molar-refractivity contribution in [1.29, 1.82) is 0 Å². The molecule has 0 bridgehead atoms. The van der Waals surface area contributed by atoms with E-state index in [4.69, 9.17) is 0 Å². The van der Waals surface area contributed by atoms with Crippen molar-refractivity contribution in [3.8, 4) is 0 Å². The van der Waals surface area contributed by atoms with E-state index in [1.54, 1.807) is 0 Å². The molecule has 0 aromatic rings. The van der Waals surface area contributed by atoms with Crippen LogP contribution in [0.1, 0.15) is 51.9 Å². The minimum absolute atomic E-state index is 0.419. The first-order valence-corrected chi connectivity index (χ1v) is 8.11. The number of likely N-dealkylation sites (tertiary alicyclic amines) is 1. The first-order chi connectivity index (χ1) is 9.19. The van der Waals surface area contributed by atoms with Gasteiger partial charge >= 0.3 is 0 Å². The standard InChI is InChI=1S/C16H30N2O/c1-13-4-3-5-15(10-13)11-16(19)18-8-6-14(7-9-18)12-17-2/h13-15,17H,3-12H2,1-2H3. The van der Waals surface area contributed by atoms with E-state index >= 15 is 0 Å². The predicted molar refractivity (Wildman–Crippen MR) is 79.0 cm³/mol. The molecular formula is C16H30N2O. The number of carbonyl (C=O) groups is 1. The summed E-state index contributed by atoms with van der Waals surface area (Å²) in [5.41, 5.74) is 0. The summed E-state index contributed by atoms with van der Waals surface area (Å²) in [4.78, 5) is 14.5. The van der Waals surface area contributed by atoms with Crippen LogP contribution in [0.4, 0.5) is 0 Å². The molecule has 110 valence electrons. The van der Waals surface area contributed by atoms with Gasteiger partial charge in [-0.15, -0.1) is 0 Å². The van der Waals surface area contributed by atoms with Crippen LogP contribution in [0, 0.1) is 17.8 Å². The third kappa shape index (κ3) is 4.48. The molecule has 1 aliphatic carbocycles. The molecule has 1 N–H and O–H groups in total. The highest BCUT2D eigenvalue weighted by atomic mass is 16.2. The summed E-state index contributed by atoms with van der Waals surface area (Å²) in [6.45, 7) is 5.39. The highest BCUT2D eigenvalue weighted by molar-refractivity contribution is 5.76. The Morgan fingerprint density at radius 2 is 1.89 bits per heavy atom. The first kappa shape index (κ1) is 14.8. The lowest BCUT2D eigenvalue weighted by atomic mass is 9.80. The van der Waals surface area contributed by atoms with Gasteiger partial charge in [-0.3, -0.25) is 4.79 Å². The van der Waals surface area contributed by atoms with Crippen molar-refractivity contribution in [2.24, 2.45) is 17.8 Å². The van der Waals surface area contributed by atoms with Crippen LogP contribution in [-0.2, 0) is 4.79 Å². The highest BCUT2D eigenvalue weighted by Crippen LogP contribution is 2.31. The predicted octanol–water partition coefficient (Wildman–Crippen LogP) is 2.66. The lowest BCUT2D eigenvalue weighted by Crippen LogP contribution is -2.41. The fourth-order valence-electron chi connectivity index (χ4n) is 3.80. The van der Waals surface area contributed by atoms with Gasteiger partial charge in [-0.05, 0) is 57.0 Å². The molecule has 2 rings (SSSR count). The van der Waals surface area contributed by atoms with Crippen molar-refractivity contribution in [3.05, 3.63) is 0 Å². The molecule has 1 amide bonds. The summed E-state index contributed by atoms with van der Waals surface area (Å²) >= 11 is 0. The minimum atomic E-state index is 0.419. The second kappa shape index (κ2) is 7.28.